The molecule has 0 amide bonds. The number of hydrogen-bond acceptors (Lipinski definition) is 2. The zero-order chi connectivity index (χ0) is 11.3. The van der Waals surface area contributed by atoms with E-state index >= 15 is 0 Å². The van der Waals surface area contributed by atoms with Gasteiger partial charge >= 0.3 is 0 Å². The van der Waals surface area contributed by atoms with Crippen molar-refractivity contribution in [2.75, 3.05) is 0 Å². The Kier molecular flexibility index (Phi) is 2.63. The largest absolute Gasteiger partial charge is 0.345 e. The van der Waals surface area contributed by atoms with Crippen LogP contribution in [-0.2, 0) is 9.47 Å². The number of fused-ring (bicyclic) bond motifs is 1. The van der Waals surface area contributed by atoms with Gasteiger partial charge in [0.05, 0.1) is 12.2 Å². The van der Waals surface area contributed by atoms with E-state index in [0.29, 0.717) is 17.6 Å². The summed E-state index contributed by atoms with van der Waals surface area (Å²) in [7, 11) is 0. The summed E-state index contributed by atoms with van der Waals surface area (Å²) in [5, 5.41) is 0. The van der Waals surface area contributed by atoms with Crippen LogP contribution in [-0.4, -0.2) is 18.0 Å². The molecule has 2 fully saturated rings. The zero-order valence-electron chi connectivity index (χ0n) is 10.7. The molecule has 0 aromatic carbocycles. The molecule has 1 saturated carbocycles. The van der Waals surface area contributed by atoms with Crippen LogP contribution in [0.3, 0.4) is 0 Å². The SMILES string of the molecule is CC1(C)OC2CCC(C(C)(C)C)CC2O1. The first kappa shape index (κ1) is 11.4. The molecule has 2 rings (SSSR count). The average Bonchev–Trinajstić information content (AvgIpc) is 2.34. The summed E-state index contributed by atoms with van der Waals surface area (Å²) in [5.41, 5.74) is 0.404. The molecule has 0 spiro atoms. The number of hydrogen-bond donors (Lipinski definition) is 0. The van der Waals surface area contributed by atoms with Gasteiger partial charge in [-0.1, -0.05) is 20.8 Å². The van der Waals surface area contributed by atoms with Crippen molar-refractivity contribution in [2.24, 2.45) is 11.3 Å². The summed E-state index contributed by atoms with van der Waals surface area (Å²) in [4.78, 5) is 0. The van der Waals surface area contributed by atoms with E-state index in [1.54, 1.807) is 0 Å². The fourth-order valence-corrected chi connectivity index (χ4v) is 2.90. The van der Waals surface area contributed by atoms with Gasteiger partial charge in [-0.2, -0.15) is 0 Å². The van der Waals surface area contributed by atoms with Crippen molar-refractivity contribution in [2.45, 2.75) is 71.9 Å². The van der Waals surface area contributed by atoms with Crippen LogP contribution in [0.25, 0.3) is 0 Å². The molecule has 0 radical (unpaired) electrons. The van der Waals surface area contributed by atoms with Crippen molar-refractivity contribution in [1.29, 1.82) is 0 Å². The maximum Gasteiger partial charge on any atom is 0.163 e. The molecule has 2 heteroatoms. The smallest absolute Gasteiger partial charge is 0.163 e. The van der Waals surface area contributed by atoms with E-state index in [0.717, 1.165) is 18.8 Å². The van der Waals surface area contributed by atoms with Crippen LogP contribution < -0.4 is 0 Å². The lowest BCUT2D eigenvalue weighted by Gasteiger charge is -2.37. The number of ether oxygens (including phenoxy) is 2. The van der Waals surface area contributed by atoms with Crippen LogP contribution in [0.4, 0.5) is 0 Å². The Hall–Kier alpha value is -0.0800. The highest BCUT2D eigenvalue weighted by atomic mass is 16.7. The van der Waals surface area contributed by atoms with Gasteiger partial charge in [-0.25, -0.2) is 0 Å². The van der Waals surface area contributed by atoms with Crippen LogP contribution in [0, 0.1) is 11.3 Å². The molecule has 15 heavy (non-hydrogen) atoms. The van der Waals surface area contributed by atoms with E-state index in [9.17, 15) is 0 Å². The summed E-state index contributed by atoms with van der Waals surface area (Å²) >= 11 is 0. The van der Waals surface area contributed by atoms with Crippen molar-refractivity contribution in [1.82, 2.24) is 0 Å². The minimum absolute atomic E-state index is 0.331. The molecule has 3 unspecified atom stereocenters. The molecular weight excluding hydrogens is 188 g/mol. The van der Waals surface area contributed by atoms with E-state index in [-0.39, 0.29) is 5.79 Å². The van der Waals surface area contributed by atoms with Crippen molar-refractivity contribution in [3.63, 3.8) is 0 Å². The zero-order valence-corrected chi connectivity index (χ0v) is 10.7. The third-order valence-electron chi connectivity index (χ3n) is 3.83. The Morgan fingerprint density at radius 1 is 1.00 bits per heavy atom. The van der Waals surface area contributed by atoms with Gasteiger partial charge in [0, 0.05) is 0 Å². The molecule has 3 atom stereocenters. The Morgan fingerprint density at radius 2 is 1.60 bits per heavy atom. The van der Waals surface area contributed by atoms with Crippen LogP contribution in [0.15, 0.2) is 0 Å². The first-order valence-electron chi connectivity index (χ1n) is 6.13. The van der Waals surface area contributed by atoms with Crippen molar-refractivity contribution in [3.05, 3.63) is 0 Å². The van der Waals surface area contributed by atoms with Gasteiger partial charge in [-0.05, 0) is 44.4 Å². The van der Waals surface area contributed by atoms with Gasteiger partial charge in [0.15, 0.2) is 5.79 Å². The lowest BCUT2D eigenvalue weighted by molar-refractivity contribution is -0.146. The molecule has 0 aromatic heterocycles. The van der Waals surface area contributed by atoms with Crippen LogP contribution in [0.1, 0.15) is 53.9 Å². The normalized spacial score (nSPS) is 40.2. The first-order chi connectivity index (χ1) is 6.78. The fourth-order valence-electron chi connectivity index (χ4n) is 2.90. The molecule has 1 aliphatic carbocycles. The molecule has 0 aromatic rings. The molecule has 1 aliphatic heterocycles. The third kappa shape index (κ3) is 2.36. The molecule has 0 bridgehead atoms. The predicted octanol–water partition coefficient (Wildman–Crippen LogP) is 3.35. The highest BCUT2D eigenvalue weighted by Crippen LogP contribution is 2.44. The maximum atomic E-state index is 5.96. The van der Waals surface area contributed by atoms with Gasteiger partial charge in [-0.3, -0.25) is 0 Å². The predicted molar refractivity (Wildman–Crippen MR) is 60.6 cm³/mol. The monoisotopic (exact) mass is 212 g/mol. The van der Waals surface area contributed by atoms with Crippen LogP contribution in [0.2, 0.25) is 0 Å². The van der Waals surface area contributed by atoms with Crippen molar-refractivity contribution >= 4 is 0 Å². The third-order valence-corrected chi connectivity index (χ3v) is 3.83. The topological polar surface area (TPSA) is 18.5 Å². The lowest BCUT2D eigenvalue weighted by Crippen LogP contribution is -2.36. The lowest BCUT2D eigenvalue weighted by atomic mass is 9.71. The minimum Gasteiger partial charge on any atom is -0.345 e. The van der Waals surface area contributed by atoms with Gasteiger partial charge in [0.25, 0.3) is 0 Å². The molecule has 0 N–H and O–H groups in total. The summed E-state index contributed by atoms with van der Waals surface area (Å²) in [6.45, 7) is 11.0. The molecule has 88 valence electrons. The van der Waals surface area contributed by atoms with Gasteiger partial charge in [-0.15, -0.1) is 0 Å². The van der Waals surface area contributed by atoms with Crippen molar-refractivity contribution < 1.29 is 9.47 Å². The molecule has 1 saturated heterocycles. The van der Waals surface area contributed by atoms with E-state index < -0.39 is 0 Å². The highest BCUT2D eigenvalue weighted by Gasteiger charge is 2.46. The Bertz CT molecular complexity index is 239. The standard InChI is InChI=1S/C13H24O2/c1-12(2,3)9-6-7-10-11(8-9)15-13(4,5)14-10/h9-11H,6-8H2,1-5H3. The Morgan fingerprint density at radius 3 is 2.20 bits per heavy atom. The Labute approximate surface area is 93.3 Å². The van der Waals surface area contributed by atoms with Gasteiger partial charge in [0.1, 0.15) is 0 Å². The van der Waals surface area contributed by atoms with Gasteiger partial charge < -0.3 is 9.47 Å². The molecule has 1 heterocycles. The quantitative estimate of drug-likeness (QED) is 0.613. The molecular formula is C13H24O2. The maximum absolute atomic E-state index is 5.96. The average molecular weight is 212 g/mol. The van der Waals surface area contributed by atoms with E-state index in [4.69, 9.17) is 9.47 Å². The number of rotatable bonds is 0. The summed E-state index contributed by atoms with van der Waals surface area (Å²) in [6.07, 6.45) is 4.29. The van der Waals surface area contributed by atoms with Crippen LogP contribution in [0.5, 0.6) is 0 Å². The van der Waals surface area contributed by atoms with Crippen molar-refractivity contribution in [3.8, 4) is 0 Å². The van der Waals surface area contributed by atoms with E-state index in [1.165, 1.54) is 6.42 Å². The first-order valence-corrected chi connectivity index (χ1v) is 6.13. The van der Waals surface area contributed by atoms with Crippen LogP contribution >= 0.6 is 0 Å². The molecule has 2 nitrogen and oxygen atoms in total. The highest BCUT2D eigenvalue weighted by molar-refractivity contribution is 4.91. The van der Waals surface area contributed by atoms with E-state index in [2.05, 4.69) is 20.8 Å². The summed E-state index contributed by atoms with van der Waals surface area (Å²) in [5.74, 6) is 0.415. The minimum atomic E-state index is -0.359. The second-order valence-electron chi connectivity index (χ2n) is 6.59. The van der Waals surface area contributed by atoms with Gasteiger partial charge in [0.2, 0.25) is 0 Å². The van der Waals surface area contributed by atoms with E-state index in [1.807, 2.05) is 13.8 Å². The second-order valence-corrected chi connectivity index (χ2v) is 6.59. The summed E-state index contributed by atoms with van der Waals surface area (Å²) in [6, 6.07) is 0. The molecule has 2 aliphatic rings. The fraction of sp³-hybridized carbons (Fsp3) is 1.00. The summed E-state index contributed by atoms with van der Waals surface area (Å²) < 4.78 is 11.8. The Balaban J connectivity index is 2.02. The second kappa shape index (κ2) is 3.46.